The van der Waals surface area contributed by atoms with E-state index in [4.69, 9.17) is 4.74 Å². The SMILES string of the molecule is COCCNC(=O)N1CCC(n2cnc3ccccc32)C1. The monoisotopic (exact) mass is 288 g/mol. The van der Waals surface area contributed by atoms with E-state index in [1.165, 1.54) is 0 Å². The van der Waals surface area contributed by atoms with Crippen molar-refractivity contribution in [2.24, 2.45) is 0 Å². The molecule has 1 N–H and O–H groups in total. The van der Waals surface area contributed by atoms with E-state index in [-0.39, 0.29) is 6.03 Å². The summed E-state index contributed by atoms with van der Waals surface area (Å²) in [6, 6.07) is 8.37. The number of amides is 2. The summed E-state index contributed by atoms with van der Waals surface area (Å²) in [7, 11) is 1.63. The second kappa shape index (κ2) is 6.13. The lowest BCUT2D eigenvalue weighted by Gasteiger charge is -2.18. The average Bonchev–Trinajstić information content (AvgIpc) is 3.13. The largest absolute Gasteiger partial charge is 0.383 e. The zero-order valence-electron chi connectivity index (χ0n) is 12.2. The number of aromatic nitrogens is 2. The van der Waals surface area contributed by atoms with Crippen molar-refractivity contribution in [3.05, 3.63) is 30.6 Å². The third-order valence-corrected chi connectivity index (χ3v) is 3.91. The van der Waals surface area contributed by atoms with Crippen LogP contribution in [0.25, 0.3) is 11.0 Å². The third kappa shape index (κ3) is 2.85. The topological polar surface area (TPSA) is 59.4 Å². The zero-order chi connectivity index (χ0) is 14.7. The molecule has 21 heavy (non-hydrogen) atoms. The van der Waals surface area contributed by atoms with Crippen molar-refractivity contribution >= 4 is 17.1 Å². The number of rotatable bonds is 4. The zero-order valence-corrected chi connectivity index (χ0v) is 12.2. The molecule has 6 nitrogen and oxygen atoms in total. The Morgan fingerprint density at radius 3 is 3.19 bits per heavy atom. The van der Waals surface area contributed by atoms with Gasteiger partial charge in [0, 0.05) is 26.7 Å². The molecule has 0 radical (unpaired) electrons. The molecule has 1 fully saturated rings. The van der Waals surface area contributed by atoms with E-state index in [1.54, 1.807) is 7.11 Å². The maximum atomic E-state index is 12.0. The highest BCUT2D eigenvalue weighted by Crippen LogP contribution is 2.25. The number of nitrogens with zero attached hydrogens (tertiary/aromatic N) is 3. The number of methoxy groups -OCH3 is 1. The first-order valence-electron chi connectivity index (χ1n) is 7.23. The van der Waals surface area contributed by atoms with Crippen LogP contribution in [0.5, 0.6) is 0 Å². The van der Waals surface area contributed by atoms with Crippen molar-refractivity contribution in [1.29, 1.82) is 0 Å². The summed E-state index contributed by atoms with van der Waals surface area (Å²) in [6.45, 7) is 2.58. The number of para-hydroxylation sites is 2. The van der Waals surface area contributed by atoms with Crippen LogP contribution in [-0.2, 0) is 4.74 Å². The first kappa shape index (κ1) is 13.9. The lowest BCUT2D eigenvalue weighted by molar-refractivity contribution is 0.184. The van der Waals surface area contributed by atoms with Crippen LogP contribution in [0, 0.1) is 0 Å². The Kier molecular flexibility index (Phi) is 4.06. The van der Waals surface area contributed by atoms with Gasteiger partial charge in [-0.1, -0.05) is 12.1 Å². The molecule has 6 heteroatoms. The number of likely N-dealkylation sites (tertiary alicyclic amines) is 1. The predicted molar refractivity (Wildman–Crippen MR) is 80.2 cm³/mol. The highest BCUT2D eigenvalue weighted by Gasteiger charge is 2.27. The normalized spacial score (nSPS) is 18.3. The molecule has 1 aliphatic rings. The number of nitrogens with one attached hydrogen (secondary N) is 1. The van der Waals surface area contributed by atoms with Crippen LogP contribution in [0.15, 0.2) is 30.6 Å². The van der Waals surface area contributed by atoms with Crippen molar-refractivity contribution in [1.82, 2.24) is 19.8 Å². The lowest BCUT2D eigenvalue weighted by Crippen LogP contribution is -2.39. The predicted octanol–water partition coefficient (Wildman–Crippen LogP) is 1.64. The maximum Gasteiger partial charge on any atom is 0.317 e. The van der Waals surface area contributed by atoms with Gasteiger partial charge in [0.1, 0.15) is 0 Å². The van der Waals surface area contributed by atoms with E-state index in [0.29, 0.717) is 19.2 Å². The molecule has 3 rings (SSSR count). The van der Waals surface area contributed by atoms with Gasteiger partial charge < -0.3 is 19.5 Å². The van der Waals surface area contributed by atoms with E-state index in [1.807, 2.05) is 29.4 Å². The molecule has 1 aromatic carbocycles. The molecule has 0 spiro atoms. The van der Waals surface area contributed by atoms with Crippen LogP contribution in [0.2, 0.25) is 0 Å². The molecule has 2 aromatic rings. The van der Waals surface area contributed by atoms with Crippen LogP contribution in [0.3, 0.4) is 0 Å². The molecule has 112 valence electrons. The first-order valence-corrected chi connectivity index (χ1v) is 7.23. The van der Waals surface area contributed by atoms with Gasteiger partial charge in [-0.3, -0.25) is 0 Å². The van der Waals surface area contributed by atoms with E-state index < -0.39 is 0 Å². The van der Waals surface area contributed by atoms with Gasteiger partial charge in [0.15, 0.2) is 0 Å². The average molecular weight is 288 g/mol. The van der Waals surface area contributed by atoms with E-state index in [2.05, 4.69) is 20.9 Å². The number of hydrogen-bond acceptors (Lipinski definition) is 3. The van der Waals surface area contributed by atoms with Crippen LogP contribution in [0.1, 0.15) is 12.5 Å². The first-order chi connectivity index (χ1) is 10.3. The minimum atomic E-state index is -0.0148. The lowest BCUT2D eigenvalue weighted by atomic mass is 10.2. The van der Waals surface area contributed by atoms with Gasteiger partial charge in [-0.15, -0.1) is 0 Å². The number of imidazole rings is 1. The smallest absolute Gasteiger partial charge is 0.317 e. The van der Waals surface area contributed by atoms with Gasteiger partial charge in [0.05, 0.1) is 30.0 Å². The Hall–Kier alpha value is -2.08. The summed E-state index contributed by atoms with van der Waals surface area (Å²) < 4.78 is 7.12. The fourth-order valence-electron chi connectivity index (χ4n) is 2.79. The highest BCUT2D eigenvalue weighted by molar-refractivity contribution is 5.76. The molecule has 1 saturated heterocycles. The number of ether oxygens (including phenoxy) is 1. The summed E-state index contributed by atoms with van der Waals surface area (Å²) in [5.74, 6) is 0. The molecule has 1 unspecified atom stereocenters. The molecule has 0 saturated carbocycles. The minimum Gasteiger partial charge on any atom is -0.383 e. The number of carbonyl (C=O) groups excluding carboxylic acids is 1. The van der Waals surface area contributed by atoms with Crippen LogP contribution >= 0.6 is 0 Å². The van der Waals surface area contributed by atoms with Gasteiger partial charge in [-0.05, 0) is 18.6 Å². The second-order valence-electron chi connectivity index (χ2n) is 5.25. The van der Waals surface area contributed by atoms with E-state index >= 15 is 0 Å². The van der Waals surface area contributed by atoms with Gasteiger partial charge in [-0.25, -0.2) is 9.78 Å². The summed E-state index contributed by atoms with van der Waals surface area (Å²) in [6.07, 6.45) is 2.83. The Morgan fingerprint density at radius 2 is 2.33 bits per heavy atom. The van der Waals surface area contributed by atoms with E-state index in [9.17, 15) is 4.79 Å². The van der Waals surface area contributed by atoms with Crippen LogP contribution < -0.4 is 5.32 Å². The Balaban J connectivity index is 1.65. The molecular weight excluding hydrogens is 268 g/mol. The summed E-state index contributed by atoms with van der Waals surface area (Å²) >= 11 is 0. The van der Waals surface area contributed by atoms with Gasteiger partial charge in [0.25, 0.3) is 0 Å². The van der Waals surface area contributed by atoms with Gasteiger partial charge in [0.2, 0.25) is 0 Å². The Labute approximate surface area is 123 Å². The molecule has 0 aliphatic carbocycles. The number of benzene rings is 1. The molecule has 1 aromatic heterocycles. The number of carbonyl (C=O) groups is 1. The van der Waals surface area contributed by atoms with Crippen molar-refractivity contribution < 1.29 is 9.53 Å². The number of urea groups is 1. The second-order valence-corrected chi connectivity index (χ2v) is 5.25. The quantitative estimate of drug-likeness (QED) is 0.870. The Morgan fingerprint density at radius 1 is 1.48 bits per heavy atom. The van der Waals surface area contributed by atoms with Gasteiger partial charge in [-0.2, -0.15) is 0 Å². The van der Waals surface area contributed by atoms with Crippen molar-refractivity contribution in [2.45, 2.75) is 12.5 Å². The standard InChI is InChI=1S/C15H20N4O2/c1-21-9-7-16-15(20)18-8-6-12(10-18)19-11-17-13-4-2-3-5-14(13)19/h2-5,11-12H,6-10H2,1H3,(H,16,20). The summed E-state index contributed by atoms with van der Waals surface area (Å²) in [4.78, 5) is 18.3. The molecule has 1 aliphatic heterocycles. The van der Waals surface area contributed by atoms with Crippen molar-refractivity contribution in [3.63, 3.8) is 0 Å². The maximum absolute atomic E-state index is 12.0. The van der Waals surface area contributed by atoms with E-state index in [0.717, 1.165) is 30.5 Å². The van der Waals surface area contributed by atoms with Crippen molar-refractivity contribution in [3.8, 4) is 0 Å². The minimum absolute atomic E-state index is 0.0148. The molecular formula is C15H20N4O2. The van der Waals surface area contributed by atoms with Gasteiger partial charge >= 0.3 is 6.03 Å². The third-order valence-electron chi connectivity index (χ3n) is 3.91. The fourth-order valence-corrected chi connectivity index (χ4v) is 2.79. The van der Waals surface area contributed by atoms with Crippen LogP contribution in [0.4, 0.5) is 4.79 Å². The summed E-state index contributed by atoms with van der Waals surface area (Å²) in [5, 5.41) is 2.87. The van der Waals surface area contributed by atoms with Crippen molar-refractivity contribution in [2.75, 3.05) is 33.4 Å². The molecule has 2 amide bonds. The molecule has 2 heterocycles. The fraction of sp³-hybridized carbons (Fsp3) is 0.467. The number of fused-ring (bicyclic) bond motifs is 1. The molecule has 0 bridgehead atoms. The highest BCUT2D eigenvalue weighted by atomic mass is 16.5. The summed E-state index contributed by atoms with van der Waals surface area (Å²) in [5.41, 5.74) is 2.13. The van der Waals surface area contributed by atoms with Crippen LogP contribution in [-0.4, -0.2) is 53.8 Å². The number of hydrogen-bond donors (Lipinski definition) is 1. The Bertz CT molecular complexity index is 625. The molecule has 1 atom stereocenters.